The van der Waals surface area contributed by atoms with E-state index in [0.717, 1.165) is 24.5 Å². The van der Waals surface area contributed by atoms with Crippen LogP contribution in [0.3, 0.4) is 0 Å². The van der Waals surface area contributed by atoms with Gasteiger partial charge in [-0.1, -0.05) is 33.1 Å². The SMILES string of the molecule is CCCc1nc(C2(C)CCCCC2)n[nH]1. The molecule has 0 unspecified atom stereocenters. The highest BCUT2D eigenvalue weighted by atomic mass is 15.2. The summed E-state index contributed by atoms with van der Waals surface area (Å²) in [6, 6.07) is 0. The second-order valence-corrected chi connectivity index (χ2v) is 4.98. The summed E-state index contributed by atoms with van der Waals surface area (Å²) in [5, 5.41) is 7.46. The number of hydrogen-bond donors (Lipinski definition) is 1. The minimum Gasteiger partial charge on any atom is -0.263 e. The van der Waals surface area contributed by atoms with E-state index in [2.05, 4.69) is 29.0 Å². The third-order valence-corrected chi connectivity index (χ3v) is 3.52. The van der Waals surface area contributed by atoms with Crippen LogP contribution in [0, 0.1) is 0 Å². The van der Waals surface area contributed by atoms with Gasteiger partial charge in [-0.25, -0.2) is 4.98 Å². The molecule has 1 aliphatic rings. The number of aryl methyl sites for hydroxylation is 1. The molecule has 0 aliphatic heterocycles. The zero-order valence-corrected chi connectivity index (χ0v) is 9.84. The molecule has 2 rings (SSSR count). The Balaban J connectivity index is 2.12. The summed E-state index contributed by atoms with van der Waals surface area (Å²) in [5.74, 6) is 2.10. The lowest BCUT2D eigenvalue weighted by Crippen LogP contribution is -2.26. The Kier molecular flexibility index (Phi) is 3.08. The molecule has 1 saturated carbocycles. The molecule has 0 bridgehead atoms. The van der Waals surface area contributed by atoms with E-state index in [1.807, 2.05) is 0 Å². The van der Waals surface area contributed by atoms with Crippen molar-refractivity contribution in [2.24, 2.45) is 0 Å². The van der Waals surface area contributed by atoms with Crippen molar-refractivity contribution in [1.82, 2.24) is 15.2 Å². The van der Waals surface area contributed by atoms with Crippen molar-refractivity contribution in [2.75, 3.05) is 0 Å². The van der Waals surface area contributed by atoms with E-state index >= 15 is 0 Å². The summed E-state index contributed by atoms with van der Waals surface area (Å²) in [4.78, 5) is 4.63. The molecule has 0 spiro atoms. The summed E-state index contributed by atoms with van der Waals surface area (Å²) >= 11 is 0. The number of hydrogen-bond acceptors (Lipinski definition) is 2. The monoisotopic (exact) mass is 207 g/mol. The van der Waals surface area contributed by atoms with Gasteiger partial charge in [-0.3, -0.25) is 5.10 Å². The molecule has 0 saturated heterocycles. The van der Waals surface area contributed by atoms with Gasteiger partial charge >= 0.3 is 0 Å². The smallest absolute Gasteiger partial charge is 0.156 e. The Morgan fingerprint density at radius 3 is 2.67 bits per heavy atom. The maximum Gasteiger partial charge on any atom is 0.156 e. The first-order valence-corrected chi connectivity index (χ1v) is 6.16. The van der Waals surface area contributed by atoms with Crippen LogP contribution in [0.2, 0.25) is 0 Å². The van der Waals surface area contributed by atoms with E-state index < -0.39 is 0 Å². The third-order valence-electron chi connectivity index (χ3n) is 3.52. The molecule has 1 aromatic heterocycles. The number of nitrogens with zero attached hydrogens (tertiary/aromatic N) is 2. The zero-order chi connectivity index (χ0) is 10.7. The molecule has 0 radical (unpaired) electrons. The van der Waals surface area contributed by atoms with Crippen LogP contribution < -0.4 is 0 Å². The van der Waals surface area contributed by atoms with Gasteiger partial charge in [0.15, 0.2) is 5.82 Å². The van der Waals surface area contributed by atoms with Crippen LogP contribution in [-0.4, -0.2) is 15.2 Å². The fourth-order valence-corrected chi connectivity index (χ4v) is 2.47. The van der Waals surface area contributed by atoms with Gasteiger partial charge in [-0.15, -0.1) is 0 Å². The van der Waals surface area contributed by atoms with Crippen molar-refractivity contribution in [3.8, 4) is 0 Å². The fourth-order valence-electron chi connectivity index (χ4n) is 2.47. The van der Waals surface area contributed by atoms with Gasteiger partial charge < -0.3 is 0 Å². The second-order valence-electron chi connectivity index (χ2n) is 4.98. The van der Waals surface area contributed by atoms with Gasteiger partial charge in [-0.2, -0.15) is 5.10 Å². The average Bonchev–Trinajstić information content (AvgIpc) is 2.69. The van der Waals surface area contributed by atoms with Crippen LogP contribution in [0.15, 0.2) is 0 Å². The summed E-state index contributed by atoms with van der Waals surface area (Å²) < 4.78 is 0. The van der Waals surface area contributed by atoms with Gasteiger partial charge in [0, 0.05) is 11.8 Å². The predicted molar refractivity (Wildman–Crippen MR) is 60.8 cm³/mol. The number of aromatic nitrogens is 3. The van der Waals surface area contributed by atoms with Gasteiger partial charge in [0.05, 0.1) is 0 Å². The van der Waals surface area contributed by atoms with E-state index in [9.17, 15) is 0 Å². The quantitative estimate of drug-likeness (QED) is 0.828. The van der Waals surface area contributed by atoms with Crippen LogP contribution in [0.4, 0.5) is 0 Å². The van der Waals surface area contributed by atoms with Gasteiger partial charge in [-0.05, 0) is 19.3 Å². The molecule has 1 aliphatic carbocycles. The lowest BCUT2D eigenvalue weighted by Gasteiger charge is -2.30. The van der Waals surface area contributed by atoms with Crippen LogP contribution in [0.5, 0.6) is 0 Å². The highest BCUT2D eigenvalue weighted by Gasteiger charge is 2.32. The van der Waals surface area contributed by atoms with Gasteiger partial charge in [0.1, 0.15) is 5.82 Å². The summed E-state index contributed by atoms with van der Waals surface area (Å²) in [6.45, 7) is 4.48. The normalized spacial score (nSPS) is 20.4. The van der Waals surface area contributed by atoms with Crippen LogP contribution in [-0.2, 0) is 11.8 Å². The van der Waals surface area contributed by atoms with E-state index in [4.69, 9.17) is 0 Å². The Bertz CT molecular complexity index is 310. The molecule has 15 heavy (non-hydrogen) atoms. The van der Waals surface area contributed by atoms with Crippen molar-refractivity contribution in [1.29, 1.82) is 0 Å². The summed E-state index contributed by atoms with van der Waals surface area (Å²) in [6.07, 6.45) is 8.67. The minimum absolute atomic E-state index is 0.237. The average molecular weight is 207 g/mol. The van der Waals surface area contributed by atoms with E-state index in [-0.39, 0.29) is 5.41 Å². The lowest BCUT2D eigenvalue weighted by atomic mass is 9.75. The van der Waals surface area contributed by atoms with E-state index in [0.29, 0.717) is 0 Å². The van der Waals surface area contributed by atoms with Crippen molar-refractivity contribution in [2.45, 2.75) is 64.2 Å². The molecule has 3 heteroatoms. The first-order chi connectivity index (χ1) is 7.24. The zero-order valence-electron chi connectivity index (χ0n) is 9.84. The molecular formula is C12H21N3. The second kappa shape index (κ2) is 4.33. The largest absolute Gasteiger partial charge is 0.263 e. The maximum absolute atomic E-state index is 4.63. The number of nitrogens with one attached hydrogen (secondary N) is 1. The minimum atomic E-state index is 0.237. The first-order valence-electron chi connectivity index (χ1n) is 6.16. The Morgan fingerprint density at radius 2 is 2.00 bits per heavy atom. The van der Waals surface area contributed by atoms with Crippen molar-refractivity contribution >= 4 is 0 Å². The molecule has 0 amide bonds. The highest BCUT2D eigenvalue weighted by molar-refractivity contribution is 5.07. The van der Waals surface area contributed by atoms with E-state index in [1.54, 1.807) is 0 Å². The number of rotatable bonds is 3. The summed E-state index contributed by atoms with van der Waals surface area (Å²) in [7, 11) is 0. The first kappa shape index (κ1) is 10.7. The standard InChI is InChI=1S/C12H21N3/c1-3-7-10-13-11(15-14-10)12(2)8-5-4-6-9-12/h3-9H2,1-2H3,(H,13,14,15). The van der Waals surface area contributed by atoms with Gasteiger partial charge in [0.25, 0.3) is 0 Å². The molecule has 1 heterocycles. The van der Waals surface area contributed by atoms with Crippen molar-refractivity contribution in [3.05, 3.63) is 11.6 Å². The van der Waals surface area contributed by atoms with Crippen LogP contribution >= 0.6 is 0 Å². The van der Waals surface area contributed by atoms with Crippen LogP contribution in [0.1, 0.15) is 64.0 Å². The van der Waals surface area contributed by atoms with Crippen molar-refractivity contribution in [3.63, 3.8) is 0 Å². The molecule has 3 nitrogen and oxygen atoms in total. The third kappa shape index (κ3) is 2.21. The number of H-pyrrole nitrogens is 1. The summed E-state index contributed by atoms with van der Waals surface area (Å²) in [5.41, 5.74) is 0.237. The Hall–Kier alpha value is -0.860. The molecule has 0 atom stereocenters. The molecule has 0 aromatic carbocycles. The molecule has 1 fully saturated rings. The topological polar surface area (TPSA) is 41.6 Å². The Morgan fingerprint density at radius 1 is 1.27 bits per heavy atom. The fraction of sp³-hybridized carbons (Fsp3) is 0.833. The number of aromatic amines is 1. The van der Waals surface area contributed by atoms with E-state index in [1.165, 1.54) is 32.1 Å². The molecule has 1 N–H and O–H groups in total. The lowest BCUT2D eigenvalue weighted by molar-refractivity contribution is 0.304. The highest BCUT2D eigenvalue weighted by Crippen LogP contribution is 2.36. The molecular weight excluding hydrogens is 186 g/mol. The molecule has 84 valence electrons. The molecule has 1 aromatic rings. The van der Waals surface area contributed by atoms with Gasteiger partial charge in [0.2, 0.25) is 0 Å². The predicted octanol–water partition coefficient (Wildman–Crippen LogP) is 2.98. The van der Waals surface area contributed by atoms with Crippen LogP contribution in [0.25, 0.3) is 0 Å². The maximum atomic E-state index is 4.63. The van der Waals surface area contributed by atoms with Crippen molar-refractivity contribution < 1.29 is 0 Å². The Labute approximate surface area is 91.7 Å².